The molecule has 0 spiro atoms. The molecule has 1 aliphatic rings. The van der Waals surface area contributed by atoms with Crippen molar-refractivity contribution in [2.24, 2.45) is 0 Å². The van der Waals surface area contributed by atoms with Crippen LogP contribution in [-0.2, 0) is 0 Å². The predicted molar refractivity (Wildman–Crippen MR) is 190 cm³/mol. The summed E-state index contributed by atoms with van der Waals surface area (Å²) in [6, 6.07) is 0. The average Bonchev–Trinajstić information content (AvgIpc) is 3.60. The quantitative estimate of drug-likeness (QED) is 0.175. The highest BCUT2D eigenvalue weighted by Gasteiger charge is 2.35. The average molecular weight is 611 g/mol. The molecule has 2 aromatic heterocycles. The fourth-order valence-corrected chi connectivity index (χ4v) is 6.53. The van der Waals surface area contributed by atoms with Gasteiger partial charge < -0.3 is 18.3 Å². The van der Waals surface area contributed by atoms with Crippen LogP contribution >= 0.6 is 0 Å². The van der Waals surface area contributed by atoms with E-state index >= 15 is 0 Å². The number of ether oxygens (including phenoxy) is 2. The molecule has 3 aromatic carbocycles. The van der Waals surface area contributed by atoms with Crippen LogP contribution < -0.4 is 9.47 Å². The van der Waals surface area contributed by atoms with Crippen molar-refractivity contribution in [2.45, 2.75) is 130 Å². The van der Waals surface area contributed by atoms with Gasteiger partial charge in [-0.1, -0.05) is 0 Å². The molecule has 45 heavy (non-hydrogen) atoms. The molecule has 0 atom stereocenters. The maximum atomic E-state index is 5.85. The smallest absolute Gasteiger partial charge is 0.246 e. The van der Waals surface area contributed by atoms with E-state index in [1.165, 1.54) is 88.7 Å². The van der Waals surface area contributed by atoms with Crippen LogP contribution in [0.3, 0.4) is 0 Å². The number of fused-ring (bicyclic) bond motifs is 3. The number of hydrogen-bond acceptors (Lipinski definition) is 4. The van der Waals surface area contributed by atoms with Crippen LogP contribution in [0.15, 0.2) is 8.83 Å². The molecule has 0 radical (unpaired) electrons. The molecule has 0 N–H and O–H groups in total. The van der Waals surface area contributed by atoms with Crippen molar-refractivity contribution >= 4 is 21.9 Å². The Balaban J connectivity index is 0.000000154. The second-order valence-corrected chi connectivity index (χ2v) is 13.7. The molecule has 242 valence electrons. The molecule has 0 unspecified atom stereocenters. The first-order chi connectivity index (χ1) is 20.7. The number of hydrogen-bond donors (Lipinski definition) is 0. The summed E-state index contributed by atoms with van der Waals surface area (Å²) in [6.45, 7) is 38.1. The zero-order valence-electron chi connectivity index (χ0n) is 31.1. The standard InChI is InChI=1S/2C14H18O.C13H18O2/c2*1-7-8(2)10(4)14-13(9(7)3)11(5)12(6)15-14;1-7-8(2)10(4)12-11(9(7)3)14-13(5,6)15-12/h3*1-6H3. The molecule has 0 saturated heterocycles. The maximum Gasteiger partial charge on any atom is 0.246 e. The van der Waals surface area contributed by atoms with Crippen LogP contribution in [-0.4, -0.2) is 5.79 Å². The molecular weight excluding hydrogens is 556 g/mol. The van der Waals surface area contributed by atoms with Gasteiger partial charge in [0.2, 0.25) is 5.79 Å². The minimum Gasteiger partial charge on any atom is -0.461 e. The SMILES string of the molecule is Cc1c(C)c(C)c2c(c1C)OC(C)(C)O2.Cc1oc2c(C)c(C)c(C)c(C)c2c1C.Cc1oc2c(C)c(C)c(C)c(C)c2c1C. The van der Waals surface area contributed by atoms with Crippen molar-refractivity contribution in [3.05, 3.63) is 89.4 Å². The Morgan fingerprint density at radius 1 is 0.311 bits per heavy atom. The number of aryl methyl sites for hydroxylation is 8. The summed E-state index contributed by atoms with van der Waals surface area (Å²) >= 11 is 0. The molecule has 1 aliphatic heterocycles. The third kappa shape index (κ3) is 5.66. The van der Waals surface area contributed by atoms with E-state index in [1.807, 2.05) is 27.7 Å². The van der Waals surface area contributed by atoms with Gasteiger partial charge in [0.1, 0.15) is 22.7 Å². The van der Waals surface area contributed by atoms with E-state index in [4.69, 9.17) is 18.3 Å². The molecule has 6 rings (SSSR count). The molecule has 4 nitrogen and oxygen atoms in total. The van der Waals surface area contributed by atoms with E-state index in [9.17, 15) is 0 Å². The van der Waals surface area contributed by atoms with Gasteiger partial charge in [0.25, 0.3) is 0 Å². The Morgan fingerprint density at radius 2 is 0.578 bits per heavy atom. The lowest BCUT2D eigenvalue weighted by Gasteiger charge is -2.16. The second-order valence-electron chi connectivity index (χ2n) is 13.7. The lowest BCUT2D eigenvalue weighted by atomic mass is 9.94. The molecule has 5 aromatic rings. The van der Waals surface area contributed by atoms with Crippen LogP contribution in [0, 0.1) is 111 Å². The zero-order chi connectivity index (χ0) is 34.0. The summed E-state index contributed by atoms with van der Waals surface area (Å²) in [4.78, 5) is 0. The maximum absolute atomic E-state index is 5.85. The van der Waals surface area contributed by atoms with E-state index in [2.05, 4.69) is 96.9 Å². The highest BCUT2D eigenvalue weighted by Crippen LogP contribution is 2.46. The fraction of sp³-hybridized carbons (Fsp3) is 0.463. The molecule has 4 heteroatoms. The molecular formula is C41H54O4. The van der Waals surface area contributed by atoms with Gasteiger partial charge >= 0.3 is 0 Å². The van der Waals surface area contributed by atoms with Gasteiger partial charge in [-0.05, 0) is 189 Å². The highest BCUT2D eigenvalue weighted by molar-refractivity contribution is 5.91. The van der Waals surface area contributed by atoms with Gasteiger partial charge in [0, 0.05) is 24.6 Å². The van der Waals surface area contributed by atoms with E-state index in [0.29, 0.717) is 0 Å². The van der Waals surface area contributed by atoms with Crippen molar-refractivity contribution in [1.82, 2.24) is 0 Å². The van der Waals surface area contributed by atoms with E-state index in [-0.39, 0.29) is 0 Å². The summed E-state index contributed by atoms with van der Waals surface area (Å²) in [7, 11) is 0. The first kappa shape index (κ1) is 34.2. The summed E-state index contributed by atoms with van der Waals surface area (Å²) in [6.07, 6.45) is 0. The van der Waals surface area contributed by atoms with Gasteiger partial charge in [0.15, 0.2) is 11.5 Å². The van der Waals surface area contributed by atoms with Crippen LogP contribution in [0.1, 0.15) is 103 Å². The Bertz CT molecular complexity index is 1830. The van der Waals surface area contributed by atoms with Gasteiger partial charge in [-0.25, -0.2) is 0 Å². The number of benzene rings is 3. The monoisotopic (exact) mass is 610 g/mol. The lowest BCUT2D eigenvalue weighted by molar-refractivity contribution is -0.0436. The van der Waals surface area contributed by atoms with Crippen LogP contribution in [0.5, 0.6) is 11.5 Å². The molecule has 0 amide bonds. The largest absolute Gasteiger partial charge is 0.461 e. The van der Waals surface area contributed by atoms with Crippen molar-refractivity contribution in [3.8, 4) is 11.5 Å². The topological polar surface area (TPSA) is 44.7 Å². The van der Waals surface area contributed by atoms with E-state index in [0.717, 1.165) is 34.2 Å². The normalized spacial score (nSPS) is 13.2. The van der Waals surface area contributed by atoms with Gasteiger partial charge in [0.05, 0.1) is 0 Å². The Labute approximate surface area is 271 Å². The first-order valence-electron chi connectivity index (χ1n) is 16.1. The number of furan rings is 2. The number of rotatable bonds is 0. The molecule has 0 bridgehead atoms. The van der Waals surface area contributed by atoms with Gasteiger partial charge in [-0.2, -0.15) is 0 Å². The fourth-order valence-electron chi connectivity index (χ4n) is 6.53. The zero-order valence-corrected chi connectivity index (χ0v) is 31.1. The van der Waals surface area contributed by atoms with Crippen molar-refractivity contribution in [1.29, 1.82) is 0 Å². The molecule has 0 fully saturated rings. The van der Waals surface area contributed by atoms with Crippen molar-refractivity contribution in [2.75, 3.05) is 0 Å². The third-order valence-electron chi connectivity index (χ3n) is 10.8. The van der Waals surface area contributed by atoms with E-state index in [1.54, 1.807) is 0 Å². The first-order valence-corrected chi connectivity index (χ1v) is 16.1. The van der Waals surface area contributed by atoms with Crippen molar-refractivity contribution < 1.29 is 18.3 Å². The summed E-state index contributed by atoms with van der Waals surface area (Å²) in [5.41, 5.74) is 20.5. The van der Waals surface area contributed by atoms with Crippen molar-refractivity contribution in [3.63, 3.8) is 0 Å². The summed E-state index contributed by atoms with van der Waals surface area (Å²) in [5, 5.41) is 2.63. The highest BCUT2D eigenvalue weighted by atomic mass is 16.7. The third-order valence-corrected chi connectivity index (χ3v) is 10.8. The van der Waals surface area contributed by atoms with Gasteiger partial charge in [-0.3, -0.25) is 0 Å². The summed E-state index contributed by atoms with van der Waals surface area (Å²) in [5.74, 6) is 3.39. The minimum absolute atomic E-state index is 0.530. The van der Waals surface area contributed by atoms with Gasteiger partial charge in [-0.15, -0.1) is 0 Å². The molecule has 0 aliphatic carbocycles. The second kappa shape index (κ2) is 11.9. The Morgan fingerprint density at radius 3 is 0.889 bits per heavy atom. The molecule has 0 saturated carbocycles. The van der Waals surface area contributed by atoms with Crippen LogP contribution in [0.25, 0.3) is 21.9 Å². The minimum atomic E-state index is -0.530. The van der Waals surface area contributed by atoms with Crippen LogP contribution in [0.2, 0.25) is 0 Å². The van der Waals surface area contributed by atoms with E-state index < -0.39 is 5.79 Å². The lowest BCUT2D eigenvalue weighted by Crippen LogP contribution is -2.30. The molecule has 3 heterocycles. The van der Waals surface area contributed by atoms with Crippen LogP contribution in [0.4, 0.5) is 0 Å². The Hall–Kier alpha value is -3.66. The summed E-state index contributed by atoms with van der Waals surface area (Å²) < 4.78 is 23.3. The Kier molecular flexibility index (Phi) is 9.07. The predicted octanol–water partition coefficient (Wildman–Crippen LogP) is 12.0.